The van der Waals surface area contributed by atoms with E-state index in [1.165, 1.54) is 4.90 Å². The molecular formula is C18H23N5O3. The van der Waals surface area contributed by atoms with Crippen LogP contribution in [0.5, 0.6) is 0 Å². The molecule has 0 saturated carbocycles. The first-order valence-corrected chi connectivity index (χ1v) is 9.19. The van der Waals surface area contributed by atoms with Crippen LogP contribution in [0.15, 0.2) is 18.2 Å². The minimum Gasteiger partial charge on any atom is -0.465 e. The number of nitrogens with one attached hydrogen (secondary N) is 1. The molecule has 26 heavy (non-hydrogen) atoms. The van der Waals surface area contributed by atoms with Crippen molar-refractivity contribution in [2.75, 3.05) is 26.2 Å². The molecule has 2 saturated heterocycles. The zero-order valence-electron chi connectivity index (χ0n) is 14.6. The number of hydrogen-bond acceptors (Lipinski definition) is 4. The number of amides is 2. The van der Waals surface area contributed by atoms with E-state index < -0.39 is 6.09 Å². The Bertz CT molecular complexity index is 804. The van der Waals surface area contributed by atoms with Gasteiger partial charge in [0.05, 0.1) is 0 Å². The summed E-state index contributed by atoms with van der Waals surface area (Å²) in [5.74, 6) is 1.22. The third-order valence-corrected chi connectivity index (χ3v) is 5.87. The number of fused-ring (bicyclic) bond motifs is 1. The molecular weight excluding hydrogens is 334 g/mol. The molecule has 1 aromatic heterocycles. The topological polar surface area (TPSA) is 102 Å². The third kappa shape index (κ3) is 3.23. The predicted molar refractivity (Wildman–Crippen MR) is 94.8 cm³/mol. The van der Waals surface area contributed by atoms with Gasteiger partial charge in [-0.15, -0.1) is 0 Å². The van der Waals surface area contributed by atoms with Gasteiger partial charge in [0, 0.05) is 31.7 Å². The standard InChI is InChI=1S/C18H23N5O3/c24-17(14-1-2-15-16(11-14)20-21-19-15)22-7-3-12(4-8-22)13-5-9-23(10-6-13)18(25)26/h1-2,11-13H,3-10H2,(H,25,26)(H,19,20,21). The number of carbonyl (C=O) groups is 2. The van der Waals surface area contributed by atoms with E-state index in [0.29, 0.717) is 36.0 Å². The number of carbonyl (C=O) groups excluding carboxylic acids is 1. The van der Waals surface area contributed by atoms with Crippen LogP contribution < -0.4 is 0 Å². The largest absolute Gasteiger partial charge is 0.465 e. The molecule has 2 fully saturated rings. The van der Waals surface area contributed by atoms with E-state index >= 15 is 0 Å². The molecule has 8 heteroatoms. The van der Waals surface area contributed by atoms with Crippen molar-refractivity contribution in [2.45, 2.75) is 25.7 Å². The molecule has 0 aliphatic carbocycles. The van der Waals surface area contributed by atoms with Gasteiger partial charge in [-0.25, -0.2) is 4.79 Å². The first-order chi connectivity index (χ1) is 12.6. The van der Waals surface area contributed by atoms with Gasteiger partial charge in [0.15, 0.2) is 0 Å². The van der Waals surface area contributed by atoms with E-state index in [4.69, 9.17) is 5.11 Å². The summed E-state index contributed by atoms with van der Waals surface area (Å²) >= 11 is 0. The molecule has 0 bridgehead atoms. The highest BCUT2D eigenvalue weighted by molar-refractivity contribution is 5.97. The summed E-state index contributed by atoms with van der Waals surface area (Å²) in [4.78, 5) is 27.2. The maximum absolute atomic E-state index is 12.8. The fraction of sp³-hybridized carbons (Fsp3) is 0.556. The van der Waals surface area contributed by atoms with Gasteiger partial charge in [-0.3, -0.25) is 4.79 Å². The lowest BCUT2D eigenvalue weighted by atomic mass is 9.79. The number of H-pyrrole nitrogens is 1. The average molecular weight is 357 g/mol. The van der Waals surface area contributed by atoms with Crippen molar-refractivity contribution in [3.8, 4) is 0 Å². The molecule has 3 heterocycles. The molecule has 1 aromatic carbocycles. The molecule has 0 atom stereocenters. The highest BCUT2D eigenvalue weighted by atomic mass is 16.4. The normalized spacial score (nSPS) is 19.8. The number of nitrogens with zero attached hydrogens (tertiary/aromatic N) is 4. The van der Waals surface area contributed by atoms with Gasteiger partial charge >= 0.3 is 6.09 Å². The Balaban J connectivity index is 1.33. The molecule has 2 aliphatic heterocycles. The van der Waals surface area contributed by atoms with Gasteiger partial charge in [0.1, 0.15) is 11.0 Å². The van der Waals surface area contributed by atoms with E-state index in [0.717, 1.165) is 44.3 Å². The van der Waals surface area contributed by atoms with Crippen LogP contribution in [0.1, 0.15) is 36.0 Å². The van der Waals surface area contributed by atoms with Crippen molar-refractivity contribution in [1.82, 2.24) is 25.2 Å². The molecule has 4 rings (SSSR count). The van der Waals surface area contributed by atoms with Crippen LogP contribution in [0.3, 0.4) is 0 Å². The number of piperidine rings is 2. The van der Waals surface area contributed by atoms with Gasteiger partial charge in [0.25, 0.3) is 5.91 Å². The number of carboxylic acid groups (broad SMARTS) is 1. The molecule has 2 aliphatic rings. The van der Waals surface area contributed by atoms with E-state index in [9.17, 15) is 9.59 Å². The lowest BCUT2D eigenvalue weighted by molar-refractivity contribution is 0.0597. The highest BCUT2D eigenvalue weighted by Gasteiger charge is 2.32. The van der Waals surface area contributed by atoms with E-state index in [1.54, 1.807) is 12.1 Å². The second kappa shape index (κ2) is 6.93. The Morgan fingerprint density at radius 3 is 2.12 bits per heavy atom. The Kier molecular flexibility index (Phi) is 4.48. The minimum atomic E-state index is -0.812. The van der Waals surface area contributed by atoms with Crippen LogP contribution >= 0.6 is 0 Å². The van der Waals surface area contributed by atoms with Crippen molar-refractivity contribution in [1.29, 1.82) is 0 Å². The Morgan fingerprint density at radius 2 is 1.50 bits per heavy atom. The van der Waals surface area contributed by atoms with Crippen molar-refractivity contribution >= 4 is 23.0 Å². The summed E-state index contributed by atoms with van der Waals surface area (Å²) in [5.41, 5.74) is 2.11. The summed E-state index contributed by atoms with van der Waals surface area (Å²) in [6, 6.07) is 5.41. The van der Waals surface area contributed by atoms with Crippen LogP contribution in [-0.2, 0) is 0 Å². The molecule has 2 N–H and O–H groups in total. The fourth-order valence-corrected chi connectivity index (χ4v) is 4.29. The molecule has 2 amide bonds. The second-order valence-corrected chi connectivity index (χ2v) is 7.26. The molecule has 0 unspecified atom stereocenters. The monoisotopic (exact) mass is 357 g/mol. The molecule has 8 nitrogen and oxygen atoms in total. The number of aromatic amines is 1. The van der Waals surface area contributed by atoms with Crippen LogP contribution in [0.25, 0.3) is 11.0 Å². The van der Waals surface area contributed by atoms with Crippen LogP contribution in [0.4, 0.5) is 4.79 Å². The minimum absolute atomic E-state index is 0.0500. The first kappa shape index (κ1) is 16.8. The van der Waals surface area contributed by atoms with E-state index in [-0.39, 0.29) is 5.91 Å². The van der Waals surface area contributed by atoms with Gasteiger partial charge in [0.2, 0.25) is 0 Å². The van der Waals surface area contributed by atoms with Crippen LogP contribution in [0, 0.1) is 11.8 Å². The van der Waals surface area contributed by atoms with Gasteiger partial charge in [-0.1, -0.05) is 0 Å². The van der Waals surface area contributed by atoms with Gasteiger partial charge in [-0.05, 0) is 55.7 Å². The SMILES string of the molecule is O=C(O)N1CCC(C2CCN(C(=O)c3ccc4n[nH]nc4c3)CC2)CC1. The lowest BCUT2D eigenvalue weighted by Crippen LogP contribution is -2.43. The third-order valence-electron chi connectivity index (χ3n) is 5.87. The van der Waals surface area contributed by atoms with Crippen molar-refractivity contribution in [3.05, 3.63) is 23.8 Å². The number of aromatic nitrogens is 3. The van der Waals surface area contributed by atoms with Gasteiger partial charge < -0.3 is 14.9 Å². The Hall–Kier alpha value is -2.64. The molecule has 138 valence electrons. The van der Waals surface area contributed by atoms with Crippen molar-refractivity contribution in [3.63, 3.8) is 0 Å². The predicted octanol–water partition coefficient (Wildman–Crippen LogP) is 2.20. The smallest absolute Gasteiger partial charge is 0.407 e. The fourth-order valence-electron chi connectivity index (χ4n) is 4.29. The number of likely N-dealkylation sites (tertiary alicyclic amines) is 2. The molecule has 0 radical (unpaired) electrons. The lowest BCUT2D eigenvalue weighted by Gasteiger charge is -2.39. The van der Waals surface area contributed by atoms with Crippen LogP contribution in [-0.4, -0.2) is 68.5 Å². The summed E-state index contributed by atoms with van der Waals surface area (Å²) < 4.78 is 0. The van der Waals surface area contributed by atoms with Gasteiger partial charge in [-0.2, -0.15) is 15.4 Å². The molecule has 2 aromatic rings. The quantitative estimate of drug-likeness (QED) is 0.858. The van der Waals surface area contributed by atoms with Crippen molar-refractivity contribution < 1.29 is 14.7 Å². The second-order valence-electron chi connectivity index (χ2n) is 7.26. The van der Waals surface area contributed by atoms with E-state index in [2.05, 4.69) is 15.4 Å². The Morgan fingerprint density at radius 1 is 0.923 bits per heavy atom. The highest BCUT2D eigenvalue weighted by Crippen LogP contribution is 2.33. The van der Waals surface area contributed by atoms with Crippen LogP contribution in [0.2, 0.25) is 0 Å². The number of benzene rings is 1. The zero-order valence-corrected chi connectivity index (χ0v) is 14.6. The summed E-state index contributed by atoms with van der Waals surface area (Å²) in [6.07, 6.45) is 3.06. The maximum atomic E-state index is 12.8. The summed E-state index contributed by atoms with van der Waals surface area (Å²) in [6.45, 7) is 2.80. The number of rotatable bonds is 2. The average Bonchev–Trinajstić information content (AvgIpc) is 3.15. The van der Waals surface area contributed by atoms with Crippen molar-refractivity contribution in [2.24, 2.45) is 11.8 Å². The molecule has 0 spiro atoms. The summed E-state index contributed by atoms with van der Waals surface area (Å²) in [5, 5.41) is 19.7. The summed E-state index contributed by atoms with van der Waals surface area (Å²) in [7, 11) is 0. The van der Waals surface area contributed by atoms with E-state index in [1.807, 2.05) is 11.0 Å². The maximum Gasteiger partial charge on any atom is 0.407 e. The Labute approximate surface area is 151 Å². The first-order valence-electron chi connectivity index (χ1n) is 9.19. The number of hydrogen-bond donors (Lipinski definition) is 2. The zero-order chi connectivity index (χ0) is 18.1.